The van der Waals surface area contributed by atoms with E-state index in [1.54, 1.807) is 12.1 Å². The van der Waals surface area contributed by atoms with Gasteiger partial charge in [0.1, 0.15) is 0 Å². The smallest absolute Gasteiger partial charge is 0.336 e. The Balaban J connectivity index is 1.89. The van der Waals surface area contributed by atoms with Crippen LogP contribution in [0.2, 0.25) is 0 Å². The Morgan fingerprint density at radius 2 is 1.77 bits per heavy atom. The highest BCUT2D eigenvalue weighted by Crippen LogP contribution is 2.25. The van der Waals surface area contributed by atoms with E-state index in [0.717, 1.165) is 30.4 Å². The summed E-state index contributed by atoms with van der Waals surface area (Å²) in [5, 5.41) is 9.38. The molecule has 2 aromatic carbocycles. The molecule has 0 saturated heterocycles. The number of pyridine rings is 1. The summed E-state index contributed by atoms with van der Waals surface area (Å²) in [7, 11) is 0. The number of rotatable bonds is 6. The van der Waals surface area contributed by atoms with Gasteiger partial charge in [-0.3, -0.25) is 4.98 Å². The lowest BCUT2D eigenvalue weighted by Crippen LogP contribution is -2.02. The first-order valence-corrected chi connectivity index (χ1v) is 8.95. The molecular weight excluding hydrogens is 322 g/mol. The van der Waals surface area contributed by atoms with Gasteiger partial charge in [-0.25, -0.2) is 4.79 Å². The predicted octanol–water partition coefficient (Wildman–Crippen LogP) is 5.30. The zero-order chi connectivity index (χ0) is 18.5. The molecule has 1 heterocycles. The number of hydrogen-bond acceptors (Lipinski definition) is 2. The molecule has 3 heteroatoms. The zero-order valence-electron chi connectivity index (χ0n) is 15.2. The van der Waals surface area contributed by atoms with Gasteiger partial charge in [-0.1, -0.05) is 55.8 Å². The predicted molar refractivity (Wildman–Crippen MR) is 105 cm³/mol. The molecule has 3 aromatic rings. The molecule has 132 valence electrons. The number of carboxylic acid groups (broad SMARTS) is 1. The molecule has 1 N–H and O–H groups in total. The van der Waals surface area contributed by atoms with Crippen LogP contribution in [0.5, 0.6) is 0 Å². The molecule has 3 nitrogen and oxygen atoms in total. The summed E-state index contributed by atoms with van der Waals surface area (Å²) in [6.07, 6.45) is 4.79. The minimum Gasteiger partial charge on any atom is -0.478 e. The Labute approximate surface area is 154 Å². The molecule has 3 rings (SSSR count). The van der Waals surface area contributed by atoms with E-state index in [0.29, 0.717) is 5.56 Å². The number of benzene rings is 2. The first kappa shape index (κ1) is 17.9. The number of aromatic carboxylic acids is 1. The van der Waals surface area contributed by atoms with Gasteiger partial charge in [-0.15, -0.1) is 0 Å². The van der Waals surface area contributed by atoms with Crippen molar-refractivity contribution in [2.75, 3.05) is 0 Å². The van der Waals surface area contributed by atoms with Crippen molar-refractivity contribution in [3.8, 4) is 11.1 Å². The number of aryl methyl sites for hydroxylation is 2. The van der Waals surface area contributed by atoms with Gasteiger partial charge in [-0.05, 0) is 59.7 Å². The second-order valence-electron chi connectivity index (χ2n) is 6.53. The average molecular weight is 345 g/mol. The monoisotopic (exact) mass is 345 g/mol. The number of hydrogen-bond donors (Lipinski definition) is 1. The van der Waals surface area contributed by atoms with E-state index >= 15 is 0 Å². The van der Waals surface area contributed by atoms with Crippen LogP contribution in [0.4, 0.5) is 0 Å². The van der Waals surface area contributed by atoms with Crippen LogP contribution in [0, 0.1) is 6.92 Å². The minimum absolute atomic E-state index is 0.327. The standard InChI is InChI=1S/C23H23NO2/c1-3-6-22-21(16(2)13-14-24-22)15-17-9-11-18(12-10-17)19-7-4-5-8-20(19)23(25)26/h4-5,7-14H,3,6,15H2,1-2H3,(H,25,26). The summed E-state index contributed by atoms with van der Waals surface area (Å²) < 4.78 is 0. The van der Waals surface area contributed by atoms with Crippen molar-refractivity contribution in [2.24, 2.45) is 0 Å². The minimum atomic E-state index is -0.903. The van der Waals surface area contributed by atoms with Gasteiger partial charge >= 0.3 is 5.97 Å². The van der Waals surface area contributed by atoms with E-state index in [1.807, 2.05) is 30.5 Å². The fraction of sp³-hybridized carbons (Fsp3) is 0.217. The summed E-state index contributed by atoms with van der Waals surface area (Å²) in [6, 6.07) is 17.3. The number of carboxylic acids is 1. The normalized spacial score (nSPS) is 10.7. The molecule has 0 radical (unpaired) electrons. The molecule has 0 amide bonds. The Morgan fingerprint density at radius 1 is 1.04 bits per heavy atom. The number of nitrogens with zero attached hydrogens (tertiary/aromatic N) is 1. The van der Waals surface area contributed by atoms with Crippen molar-refractivity contribution >= 4 is 5.97 Å². The molecule has 0 spiro atoms. The van der Waals surface area contributed by atoms with Gasteiger partial charge in [0.2, 0.25) is 0 Å². The summed E-state index contributed by atoms with van der Waals surface area (Å²) in [6.45, 7) is 4.30. The summed E-state index contributed by atoms with van der Waals surface area (Å²) in [4.78, 5) is 16.0. The molecule has 0 saturated carbocycles. The van der Waals surface area contributed by atoms with E-state index in [4.69, 9.17) is 0 Å². The van der Waals surface area contributed by atoms with Crippen molar-refractivity contribution in [2.45, 2.75) is 33.1 Å². The molecule has 0 aliphatic carbocycles. The third-order valence-corrected chi connectivity index (χ3v) is 4.67. The Hall–Kier alpha value is -2.94. The fourth-order valence-corrected chi connectivity index (χ4v) is 3.27. The van der Waals surface area contributed by atoms with Gasteiger partial charge in [0.25, 0.3) is 0 Å². The summed E-state index contributed by atoms with van der Waals surface area (Å²) >= 11 is 0. The van der Waals surface area contributed by atoms with Gasteiger partial charge in [-0.2, -0.15) is 0 Å². The Bertz CT molecular complexity index is 914. The van der Waals surface area contributed by atoms with Crippen LogP contribution in [-0.2, 0) is 12.8 Å². The summed E-state index contributed by atoms with van der Waals surface area (Å²) in [5.41, 5.74) is 6.94. The highest BCUT2D eigenvalue weighted by molar-refractivity contribution is 5.95. The van der Waals surface area contributed by atoms with Crippen molar-refractivity contribution in [1.29, 1.82) is 0 Å². The van der Waals surface area contributed by atoms with E-state index < -0.39 is 5.97 Å². The van der Waals surface area contributed by atoms with Crippen molar-refractivity contribution < 1.29 is 9.90 Å². The fourth-order valence-electron chi connectivity index (χ4n) is 3.27. The topological polar surface area (TPSA) is 50.2 Å². The van der Waals surface area contributed by atoms with Crippen molar-refractivity contribution in [3.05, 3.63) is 88.7 Å². The Morgan fingerprint density at radius 3 is 2.46 bits per heavy atom. The number of aromatic nitrogens is 1. The van der Waals surface area contributed by atoms with Crippen molar-refractivity contribution in [1.82, 2.24) is 4.98 Å². The van der Waals surface area contributed by atoms with Crippen LogP contribution in [0.25, 0.3) is 11.1 Å². The van der Waals surface area contributed by atoms with Gasteiger partial charge in [0.15, 0.2) is 0 Å². The van der Waals surface area contributed by atoms with Gasteiger partial charge in [0, 0.05) is 11.9 Å². The average Bonchev–Trinajstić information content (AvgIpc) is 2.65. The maximum atomic E-state index is 11.4. The molecule has 0 aliphatic rings. The van der Waals surface area contributed by atoms with Crippen molar-refractivity contribution in [3.63, 3.8) is 0 Å². The van der Waals surface area contributed by atoms with E-state index in [9.17, 15) is 9.90 Å². The molecule has 0 bridgehead atoms. The lowest BCUT2D eigenvalue weighted by atomic mass is 9.94. The molecule has 0 fully saturated rings. The highest BCUT2D eigenvalue weighted by atomic mass is 16.4. The largest absolute Gasteiger partial charge is 0.478 e. The highest BCUT2D eigenvalue weighted by Gasteiger charge is 2.11. The maximum Gasteiger partial charge on any atom is 0.336 e. The lowest BCUT2D eigenvalue weighted by Gasteiger charge is -2.12. The second-order valence-corrected chi connectivity index (χ2v) is 6.53. The molecular formula is C23H23NO2. The van der Waals surface area contributed by atoms with Crippen LogP contribution in [0.15, 0.2) is 60.8 Å². The third kappa shape index (κ3) is 3.83. The molecule has 1 aromatic heterocycles. The van der Waals surface area contributed by atoms with Crippen LogP contribution in [0.1, 0.15) is 46.1 Å². The first-order valence-electron chi connectivity index (χ1n) is 8.95. The maximum absolute atomic E-state index is 11.4. The van der Waals surface area contributed by atoms with Crippen LogP contribution in [-0.4, -0.2) is 16.1 Å². The lowest BCUT2D eigenvalue weighted by molar-refractivity contribution is 0.0697. The van der Waals surface area contributed by atoms with E-state index in [-0.39, 0.29) is 0 Å². The van der Waals surface area contributed by atoms with Crippen LogP contribution in [0.3, 0.4) is 0 Å². The molecule has 0 unspecified atom stereocenters. The summed E-state index contributed by atoms with van der Waals surface area (Å²) in [5.74, 6) is -0.903. The third-order valence-electron chi connectivity index (χ3n) is 4.67. The van der Waals surface area contributed by atoms with Crippen LogP contribution >= 0.6 is 0 Å². The quantitative estimate of drug-likeness (QED) is 0.659. The molecule has 26 heavy (non-hydrogen) atoms. The van der Waals surface area contributed by atoms with Gasteiger partial charge in [0.05, 0.1) is 5.56 Å². The SMILES string of the molecule is CCCc1nccc(C)c1Cc1ccc(-c2ccccc2C(=O)O)cc1. The zero-order valence-corrected chi connectivity index (χ0v) is 15.2. The van der Waals surface area contributed by atoms with Gasteiger partial charge < -0.3 is 5.11 Å². The second kappa shape index (κ2) is 7.96. The van der Waals surface area contributed by atoms with E-state index in [2.05, 4.69) is 37.0 Å². The molecule has 0 aliphatic heterocycles. The van der Waals surface area contributed by atoms with E-state index in [1.165, 1.54) is 22.4 Å². The first-order chi connectivity index (χ1) is 12.6. The van der Waals surface area contributed by atoms with Crippen LogP contribution < -0.4 is 0 Å². The Kier molecular flexibility index (Phi) is 5.47. The molecule has 0 atom stereocenters. The number of carbonyl (C=O) groups is 1.